The largest absolute Gasteiger partial charge is 0.379 e. The van der Waals surface area contributed by atoms with Crippen molar-refractivity contribution in [3.8, 4) is 0 Å². The molecule has 0 aliphatic carbocycles. The molecular weight excluding hydrogens is 409 g/mol. The summed E-state index contributed by atoms with van der Waals surface area (Å²) in [6.45, 7) is 7.82. The van der Waals surface area contributed by atoms with E-state index in [-0.39, 0.29) is 5.82 Å². The minimum atomic E-state index is -0.233. The molecule has 0 saturated carbocycles. The maximum absolute atomic E-state index is 13.6. The summed E-state index contributed by atoms with van der Waals surface area (Å²) >= 11 is 11.8. The monoisotopic (exact) mass is 435 g/mol. The first kappa shape index (κ1) is 22.0. The number of anilines is 1. The average molecular weight is 436 g/mol. The van der Waals surface area contributed by atoms with Crippen LogP contribution in [0.2, 0.25) is 5.02 Å². The van der Waals surface area contributed by atoms with Crippen molar-refractivity contribution in [2.45, 2.75) is 19.9 Å². The van der Waals surface area contributed by atoms with Gasteiger partial charge in [-0.15, -0.1) is 0 Å². The Bertz CT molecular complexity index is 829. The van der Waals surface area contributed by atoms with E-state index in [9.17, 15) is 4.39 Å². The number of hydrogen-bond acceptors (Lipinski definition) is 3. The van der Waals surface area contributed by atoms with Gasteiger partial charge in [0.05, 0.1) is 13.2 Å². The fourth-order valence-electron chi connectivity index (χ4n) is 3.34. The first-order valence-electron chi connectivity index (χ1n) is 9.88. The predicted octanol–water partition coefficient (Wildman–Crippen LogP) is 4.71. The van der Waals surface area contributed by atoms with Crippen LogP contribution < -0.4 is 5.32 Å². The molecule has 0 amide bonds. The normalized spacial score (nSPS) is 14.6. The molecule has 29 heavy (non-hydrogen) atoms. The molecule has 4 nitrogen and oxygen atoms in total. The second kappa shape index (κ2) is 10.9. The van der Waals surface area contributed by atoms with Crippen LogP contribution in [0.5, 0.6) is 0 Å². The number of nitrogens with one attached hydrogen (secondary N) is 1. The van der Waals surface area contributed by atoms with Gasteiger partial charge in [0, 0.05) is 43.4 Å². The van der Waals surface area contributed by atoms with E-state index in [1.165, 1.54) is 6.07 Å². The minimum Gasteiger partial charge on any atom is -0.379 e. The summed E-state index contributed by atoms with van der Waals surface area (Å²) in [5.74, 6) is -0.233. The molecule has 1 N–H and O–H groups in total. The molecule has 2 aromatic rings. The molecule has 2 aromatic carbocycles. The minimum absolute atomic E-state index is 0.233. The van der Waals surface area contributed by atoms with E-state index < -0.39 is 0 Å². The molecule has 0 radical (unpaired) electrons. The maximum Gasteiger partial charge on any atom is 0.173 e. The van der Waals surface area contributed by atoms with Crippen molar-refractivity contribution in [1.29, 1.82) is 0 Å². The van der Waals surface area contributed by atoms with Gasteiger partial charge < -0.3 is 15.0 Å². The number of morpholine rings is 1. The van der Waals surface area contributed by atoms with E-state index in [4.69, 9.17) is 28.6 Å². The smallest absolute Gasteiger partial charge is 0.173 e. The van der Waals surface area contributed by atoms with Gasteiger partial charge in [0.25, 0.3) is 0 Å². The van der Waals surface area contributed by atoms with Gasteiger partial charge >= 0.3 is 0 Å². The zero-order chi connectivity index (χ0) is 20.6. The van der Waals surface area contributed by atoms with Gasteiger partial charge in [-0.3, -0.25) is 4.90 Å². The molecule has 1 saturated heterocycles. The van der Waals surface area contributed by atoms with Gasteiger partial charge in [-0.05, 0) is 67.0 Å². The van der Waals surface area contributed by atoms with Crippen LogP contribution in [0.4, 0.5) is 10.1 Å². The van der Waals surface area contributed by atoms with E-state index in [0.717, 1.165) is 67.7 Å². The number of halogens is 2. The number of hydrogen-bond donors (Lipinski definition) is 1. The molecule has 0 bridgehead atoms. The SMILES string of the molecule is Cc1cc(NC(=S)N(CCCN2CCOCC2)Cc2cccc(F)c2)ccc1Cl. The molecular formula is C22H27ClFN3OS. The molecule has 0 spiro atoms. The van der Waals surface area contributed by atoms with Crippen molar-refractivity contribution in [2.24, 2.45) is 0 Å². The molecule has 0 aromatic heterocycles. The summed E-state index contributed by atoms with van der Waals surface area (Å²) < 4.78 is 19.1. The summed E-state index contributed by atoms with van der Waals surface area (Å²) in [6, 6.07) is 12.4. The predicted molar refractivity (Wildman–Crippen MR) is 121 cm³/mol. The van der Waals surface area contributed by atoms with Crippen LogP contribution in [0.1, 0.15) is 17.5 Å². The number of ether oxygens (including phenoxy) is 1. The summed E-state index contributed by atoms with van der Waals surface area (Å²) in [5.41, 5.74) is 2.78. The first-order valence-corrected chi connectivity index (χ1v) is 10.7. The van der Waals surface area contributed by atoms with Crippen LogP contribution in [0, 0.1) is 12.7 Å². The third-order valence-electron chi connectivity index (χ3n) is 4.96. The van der Waals surface area contributed by atoms with Crippen molar-refractivity contribution in [3.63, 3.8) is 0 Å². The lowest BCUT2D eigenvalue weighted by atomic mass is 10.2. The maximum atomic E-state index is 13.6. The van der Waals surface area contributed by atoms with Crippen molar-refractivity contribution >= 4 is 34.6 Å². The fourth-order valence-corrected chi connectivity index (χ4v) is 3.73. The highest BCUT2D eigenvalue weighted by Crippen LogP contribution is 2.20. The van der Waals surface area contributed by atoms with Gasteiger partial charge in [0.15, 0.2) is 5.11 Å². The van der Waals surface area contributed by atoms with Gasteiger partial charge in [-0.2, -0.15) is 0 Å². The van der Waals surface area contributed by atoms with Gasteiger partial charge in [-0.1, -0.05) is 23.7 Å². The number of thiocarbonyl (C=S) groups is 1. The van der Waals surface area contributed by atoms with Crippen LogP contribution in [0.25, 0.3) is 0 Å². The zero-order valence-electron chi connectivity index (χ0n) is 16.7. The molecule has 1 aliphatic rings. The van der Waals surface area contributed by atoms with Crippen molar-refractivity contribution in [3.05, 3.63) is 64.4 Å². The molecule has 3 rings (SSSR count). The number of aryl methyl sites for hydroxylation is 1. The van der Waals surface area contributed by atoms with E-state index in [0.29, 0.717) is 11.7 Å². The van der Waals surface area contributed by atoms with Gasteiger partial charge in [0.1, 0.15) is 5.82 Å². The van der Waals surface area contributed by atoms with Crippen molar-refractivity contribution in [2.75, 3.05) is 44.7 Å². The summed E-state index contributed by atoms with van der Waals surface area (Å²) in [5, 5.41) is 4.65. The highest BCUT2D eigenvalue weighted by atomic mass is 35.5. The number of nitrogens with zero attached hydrogens (tertiary/aromatic N) is 2. The van der Waals surface area contributed by atoms with E-state index in [1.807, 2.05) is 31.2 Å². The van der Waals surface area contributed by atoms with E-state index in [1.54, 1.807) is 12.1 Å². The quantitative estimate of drug-likeness (QED) is 0.636. The Morgan fingerprint density at radius 2 is 2.03 bits per heavy atom. The van der Waals surface area contributed by atoms with Gasteiger partial charge in [-0.25, -0.2) is 4.39 Å². The summed E-state index contributed by atoms with van der Waals surface area (Å²) in [6.07, 6.45) is 0.969. The first-order chi connectivity index (χ1) is 14.0. The lowest BCUT2D eigenvalue weighted by molar-refractivity contribution is 0.0368. The fraction of sp³-hybridized carbons (Fsp3) is 0.409. The van der Waals surface area contributed by atoms with Crippen LogP contribution in [-0.4, -0.2) is 54.3 Å². The van der Waals surface area contributed by atoms with E-state index in [2.05, 4.69) is 15.1 Å². The Labute approximate surface area is 182 Å². The molecule has 1 fully saturated rings. The lowest BCUT2D eigenvalue weighted by Gasteiger charge is -2.29. The Morgan fingerprint density at radius 1 is 1.24 bits per heavy atom. The van der Waals surface area contributed by atoms with Crippen LogP contribution in [0.15, 0.2) is 42.5 Å². The van der Waals surface area contributed by atoms with Crippen LogP contribution in [-0.2, 0) is 11.3 Å². The van der Waals surface area contributed by atoms with Crippen molar-refractivity contribution < 1.29 is 9.13 Å². The Hall–Kier alpha value is -1.73. The highest BCUT2D eigenvalue weighted by Gasteiger charge is 2.14. The topological polar surface area (TPSA) is 27.7 Å². The number of benzene rings is 2. The molecule has 0 unspecified atom stereocenters. The molecule has 7 heteroatoms. The van der Waals surface area contributed by atoms with Crippen molar-refractivity contribution in [1.82, 2.24) is 9.80 Å². The van der Waals surface area contributed by atoms with Crippen LogP contribution >= 0.6 is 23.8 Å². The molecule has 156 valence electrons. The molecule has 1 aliphatic heterocycles. The Balaban J connectivity index is 1.64. The summed E-state index contributed by atoms with van der Waals surface area (Å²) in [4.78, 5) is 4.50. The Morgan fingerprint density at radius 3 is 2.76 bits per heavy atom. The van der Waals surface area contributed by atoms with Crippen LogP contribution in [0.3, 0.4) is 0 Å². The molecule has 0 atom stereocenters. The molecule has 1 heterocycles. The third kappa shape index (κ3) is 6.93. The zero-order valence-corrected chi connectivity index (χ0v) is 18.2. The third-order valence-corrected chi connectivity index (χ3v) is 5.75. The van der Waals surface area contributed by atoms with Gasteiger partial charge in [0.2, 0.25) is 0 Å². The second-order valence-electron chi connectivity index (χ2n) is 7.25. The standard InChI is InChI=1S/C22H27ClFN3OS/c1-17-14-20(6-7-21(17)23)25-22(29)27(16-18-4-2-5-19(24)15-18)9-3-8-26-10-12-28-13-11-26/h2,4-7,14-15H,3,8-13,16H2,1H3,(H,25,29). The Kier molecular flexibility index (Phi) is 8.24. The second-order valence-corrected chi connectivity index (χ2v) is 8.05. The van der Waals surface area contributed by atoms with E-state index >= 15 is 0 Å². The number of rotatable bonds is 7. The summed E-state index contributed by atoms with van der Waals surface area (Å²) in [7, 11) is 0. The average Bonchev–Trinajstić information content (AvgIpc) is 2.71. The highest BCUT2D eigenvalue weighted by molar-refractivity contribution is 7.80. The lowest BCUT2D eigenvalue weighted by Crippen LogP contribution is -2.40.